The molecule has 0 unspecified atom stereocenters. The molecule has 0 aromatic heterocycles. The van der Waals surface area contributed by atoms with Crippen LogP contribution in [0.15, 0.2) is 18.2 Å². The van der Waals surface area contributed by atoms with Crippen LogP contribution >= 0.6 is 0 Å². The number of hydrogen-bond acceptors (Lipinski definition) is 2. The first kappa shape index (κ1) is 9.06. The summed E-state index contributed by atoms with van der Waals surface area (Å²) < 4.78 is 0. The van der Waals surface area contributed by atoms with Gasteiger partial charge in [-0.1, -0.05) is 12.1 Å². The number of carboxylic acids is 1. The van der Waals surface area contributed by atoms with E-state index in [-0.39, 0.29) is 0 Å². The summed E-state index contributed by atoms with van der Waals surface area (Å²) in [5.41, 5.74) is 3.47. The van der Waals surface area contributed by atoms with Crippen LogP contribution in [0.1, 0.15) is 17.5 Å². The smallest absolute Gasteiger partial charge is 0.326 e. The Morgan fingerprint density at radius 1 is 1.57 bits per heavy atom. The summed E-state index contributed by atoms with van der Waals surface area (Å²) in [6.07, 6.45) is 1.53. The molecule has 0 bridgehead atoms. The molecule has 1 aromatic carbocycles. The van der Waals surface area contributed by atoms with Crippen molar-refractivity contribution in [3.63, 3.8) is 0 Å². The average Bonchev–Trinajstić information content (AvgIpc) is 2.17. The molecule has 3 nitrogen and oxygen atoms in total. The molecule has 1 aliphatic heterocycles. The van der Waals surface area contributed by atoms with Crippen molar-refractivity contribution in [3.05, 3.63) is 29.3 Å². The van der Waals surface area contributed by atoms with Gasteiger partial charge in [-0.25, -0.2) is 4.79 Å². The van der Waals surface area contributed by atoms with Crippen LogP contribution in [-0.4, -0.2) is 17.1 Å². The molecule has 3 heteroatoms. The lowest BCUT2D eigenvalue weighted by Crippen LogP contribution is -2.33. The van der Waals surface area contributed by atoms with Crippen molar-refractivity contribution in [1.82, 2.24) is 0 Å². The van der Waals surface area contributed by atoms with Gasteiger partial charge in [-0.15, -0.1) is 0 Å². The monoisotopic (exact) mass is 191 g/mol. The Balaban J connectivity index is 2.31. The summed E-state index contributed by atoms with van der Waals surface area (Å²) in [7, 11) is 0. The Kier molecular flexibility index (Phi) is 2.15. The highest BCUT2D eigenvalue weighted by atomic mass is 16.4. The molecule has 1 aromatic rings. The Morgan fingerprint density at radius 3 is 3.07 bits per heavy atom. The van der Waals surface area contributed by atoms with E-state index in [0.29, 0.717) is 6.42 Å². The van der Waals surface area contributed by atoms with Gasteiger partial charge < -0.3 is 10.4 Å². The molecule has 0 fully saturated rings. The number of rotatable bonds is 1. The fourth-order valence-corrected chi connectivity index (χ4v) is 1.90. The van der Waals surface area contributed by atoms with Gasteiger partial charge in [0.05, 0.1) is 0 Å². The molecule has 1 atom stereocenters. The zero-order chi connectivity index (χ0) is 10.1. The maximum absolute atomic E-state index is 10.8. The van der Waals surface area contributed by atoms with E-state index in [1.54, 1.807) is 0 Å². The average molecular weight is 191 g/mol. The lowest BCUT2D eigenvalue weighted by molar-refractivity contribution is -0.138. The summed E-state index contributed by atoms with van der Waals surface area (Å²) in [5, 5.41) is 11.9. The standard InChI is InChI=1S/C11H13NO2/c1-7-3-2-4-9-8(7)5-6-10(12-9)11(13)14/h2-4,10,12H,5-6H2,1H3,(H,13,14)/t10-/m0/s1. The van der Waals surface area contributed by atoms with E-state index in [2.05, 4.69) is 18.3 Å². The Bertz CT molecular complexity index is 374. The highest BCUT2D eigenvalue weighted by molar-refractivity contribution is 5.79. The Morgan fingerprint density at radius 2 is 2.36 bits per heavy atom. The highest BCUT2D eigenvalue weighted by Gasteiger charge is 2.23. The number of benzene rings is 1. The van der Waals surface area contributed by atoms with Crippen molar-refractivity contribution < 1.29 is 9.90 Å². The molecular weight excluding hydrogens is 178 g/mol. The molecule has 1 heterocycles. The highest BCUT2D eigenvalue weighted by Crippen LogP contribution is 2.27. The van der Waals surface area contributed by atoms with Crippen LogP contribution in [0.5, 0.6) is 0 Å². The molecule has 1 aliphatic rings. The van der Waals surface area contributed by atoms with E-state index in [4.69, 9.17) is 5.11 Å². The van der Waals surface area contributed by atoms with Crippen molar-refractivity contribution in [1.29, 1.82) is 0 Å². The van der Waals surface area contributed by atoms with E-state index >= 15 is 0 Å². The van der Waals surface area contributed by atoms with Gasteiger partial charge in [-0.3, -0.25) is 0 Å². The van der Waals surface area contributed by atoms with Gasteiger partial charge in [0.2, 0.25) is 0 Å². The number of fused-ring (bicyclic) bond motifs is 1. The number of carboxylic acid groups (broad SMARTS) is 1. The number of carbonyl (C=O) groups is 1. The van der Waals surface area contributed by atoms with Gasteiger partial charge >= 0.3 is 5.97 Å². The van der Waals surface area contributed by atoms with Gasteiger partial charge in [0.1, 0.15) is 6.04 Å². The number of aryl methyl sites for hydroxylation is 1. The third kappa shape index (κ3) is 1.45. The lowest BCUT2D eigenvalue weighted by Gasteiger charge is -2.25. The second-order valence-corrected chi connectivity index (χ2v) is 3.67. The van der Waals surface area contributed by atoms with Crippen LogP contribution in [0.4, 0.5) is 5.69 Å². The first-order valence-corrected chi connectivity index (χ1v) is 4.76. The van der Waals surface area contributed by atoms with E-state index in [9.17, 15) is 4.79 Å². The third-order valence-electron chi connectivity index (χ3n) is 2.72. The van der Waals surface area contributed by atoms with Crippen molar-refractivity contribution in [2.45, 2.75) is 25.8 Å². The summed E-state index contributed by atoms with van der Waals surface area (Å²) in [6.45, 7) is 2.06. The lowest BCUT2D eigenvalue weighted by atomic mass is 9.94. The van der Waals surface area contributed by atoms with E-state index < -0.39 is 12.0 Å². The number of hydrogen-bond donors (Lipinski definition) is 2. The second kappa shape index (κ2) is 3.33. The van der Waals surface area contributed by atoms with Crippen LogP contribution in [0.25, 0.3) is 0 Å². The van der Waals surface area contributed by atoms with E-state index in [1.165, 1.54) is 11.1 Å². The van der Waals surface area contributed by atoms with E-state index in [0.717, 1.165) is 12.1 Å². The molecule has 0 amide bonds. The summed E-state index contributed by atoms with van der Waals surface area (Å²) in [4.78, 5) is 10.8. The minimum atomic E-state index is -0.767. The van der Waals surface area contributed by atoms with Crippen molar-refractivity contribution in [2.75, 3.05) is 5.32 Å². The topological polar surface area (TPSA) is 49.3 Å². The van der Waals surface area contributed by atoms with E-state index in [1.807, 2.05) is 12.1 Å². The molecule has 0 aliphatic carbocycles. The maximum Gasteiger partial charge on any atom is 0.326 e. The zero-order valence-corrected chi connectivity index (χ0v) is 8.08. The number of anilines is 1. The van der Waals surface area contributed by atoms with Gasteiger partial charge in [0, 0.05) is 5.69 Å². The second-order valence-electron chi connectivity index (χ2n) is 3.67. The predicted molar refractivity (Wildman–Crippen MR) is 54.5 cm³/mol. The molecule has 0 spiro atoms. The first-order chi connectivity index (χ1) is 6.68. The summed E-state index contributed by atoms with van der Waals surface area (Å²) in [5.74, 6) is -0.767. The van der Waals surface area contributed by atoms with Crippen molar-refractivity contribution >= 4 is 11.7 Å². The molecule has 2 rings (SSSR count). The van der Waals surface area contributed by atoms with Crippen LogP contribution in [-0.2, 0) is 11.2 Å². The minimum absolute atomic E-state index is 0.427. The van der Waals surface area contributed by atoms with Crippen LogP contribution < -0.4 is 5.32 Å². The SMILES string of the molecule is Cc1cccc2c1CC[C@@H](C(=O)O)N2. The van der Waals surface area contributed by atoms with Crippen LogP contribution in [0.2, 0.25) is 0 Å². The molecule has 74 valence electrons. The summed E-state index contributed by atoms with van der Waals surface area (Å²) in [6, 6.07) is 5.52. The predicted octanol–water partition coefficient (Wildman–Crippen LogP) is 1.81. The minimum Gasteiger partial charge on any atom is -0.480 e. The fourth-order valence-electron chi connectivity index (χ4n) is 1.90. The largest absolute Gasteiger partial charge is 0.480 e. The molecule has 14 heavy (non-hydrogen) atoms. The molecule has 0 saturated heterocycles. The van der Waals surface area contributed by atoms with Gasteiger partial charge in [0.15, 0.2) is 0 Å². The van der Waals surface area contributed by atoms with Crippen LogP contribution in [0, 0.1) is 6.92 Å². The number of aliphatic carboxylic acids is 1. The van der Waals surface area contributed by atoms with Gasteiger partial charge in [-0.2, -0.15) is 0 Å². The maximum atomic E-state index is 10.8. The third-order valence-corrected chi connectivity index (χ3v) is 2.72. The molecular formula is C11H13NO2. The van der Waals surface area contributed by atoms with Gasteiger partial charge in [-0.05, 0) is 37.0 Å². The Labute approximate surface area is 82.8 Å². The molecule has 0 saturated carbocycles. The van der Waals surface area contributed by atoms with Gasteiger partial charge in [0.25, 0.3) is 0 Å². The summed E-state index contributed by atoms with van der Waals surface area (Å²) >= 11 is 0. The molecule has 2 N–H and O–H groups in total. The molecule has 0 radical (unpaired) electrons. The van der Waals surface area contributed by atoms with Crippen molar-refractivity contribution in [3.8, 4) is 0 Å². The quantitative estimate of drug-likeness (QED) is 0.711. The fraction of sp³-hybridized carbons (Fsp3) is 0.364. The van der Waals surface area contributed by atoms with Crippen LogP contribution in [0.3, 0.4) is 0 Å². The Hall–Kier alpha value is -1.51. The number of nitrogens with one attached hydrogen (secondary N) is 1. The van der Waals surface area contributed by atoms with Crippen molar-refractivity contribution in [2.24, 2.45) is 0 Å². The zero-order valence-electron chi connectivity index (χ0n) is 8.08. The first-order valence-electron chi connectivity index (χ1n) is 4.76. The normalized spacial score (nSPS) is 19.6.